The van der Waals surface area contributed by atoms with E-state index >= 15 is 0 Å². The predicted octanol–water partition coefficient (Wildman–Crippen LogP) is 4.59. The molecular weight excluding hydrogens is 267 g/mol. The lowest BCUT2D eigenvalue weighted by Crippen LogP contribution is -2.21. The molecule has 0 fully saturated rings. The van der Waals surface area contributed by atoms with E-state index in [1.165, 1.54) is 0 Å². The van der Waals surface area contributed by atoms with Gasteiger partial charge < -0.3 is 4.90 Å². The van der Waals surface area contributed by atoms with E-state index in [-0.39, 0.29) is 6.04 Å². The van der Waals surface area contributed by atoms with Gasteiger partial charge in [-0.2, -0.15) is 0 Å². The van der Waals surface area contributed by atoms with Crippen LogP contribution in [0.1, 0.15) is 18.5 Å². The summed E-state index contributed by atoms with van der Waals surface area (Å²) >= 11 is 12.1. The van der Waals surface area contributed by atoms with Crippen LogP contribution in [0.5, 0.6) is 0 Å². The maximum atomic E-state index is 6.22. The van der Waals surface area contributed by atoms with E-state index in [9.17, 15) is 0 Å². The summed E-state index contributed by atoms with van der Waals surface area (Å²) in [4.78, 5) is 6.10. The molecule has 0 aliphatic rings. The van der Waals surface area contributed by atoms with Crippen LogP contribution >= 0.6 is 23.2 Å². The molecule has 1 unspecified atom stereocenters. The Morgan fingerprint density at radius 3 is 2.56 bits per heavy atom. The summed E-state index contributed by atoms with van der Waals surface area (Å²) in [7, 11) is 2.01. The van der Waals surface area contributed by atoms with Gasteiger partial charge in [0.1, 0.15) is 5.15 Å². The zero-order valence-electron chi connectivity index (χ0n) is 10.3. The molecule has 0 radical (unpaired) electrons. The van der Waals surface area contributed by atoms with E-state index in [2.05, 4.69) is 16.8 Å². The van der Waals surface area contributed by atoms with Crippen molar-refractivity contribution in [2.45, 2.75) is 13.0 Å². The number of pyridine rings is 1. The average molecular weight is 281 g/mol. The van der Waals surface area contributed by atoms with E-state index in [4.69, 9.17) is 23.2 Å². The van der Waals surface area contributed by atoms with Crippen LogP contribution in [0.4, 0.5) is 5.69 Å². The highest BCUT2D eigenvalue weighted by molar-refractivity contribution is 6.31. The maximum absolute atomic E-state index is 6.22. The molecule has 0 aliphatic heterocycles. The van der Waals surface area contributed by atoms with Gasteiger partial charge >= 0.3 is 0 Å². The summed E-state index contributed by atoms with van der Waals surface area (Å²) in [6.45, 7) is 2.11. The molecule has 2 nitrogen and oxygen atoms in total. The van der Waals surface area contributed by atoms with E-state index in [0.29, 0.717) is 5.15 Å². The Morgan fingerprint density at radius 2 is 1.89 bits per heavy atom. The van der Waals surface area contributed by atoms with Gasteiger partial charge in [0.05, 0.1) is 6.04 Å². The van der Waals surface area contributed by atoms with Gasteiger partial charge in [0, 0.05) is 24.0 Å². The zero-order valence-corrected chi connectivity index (χ0v) is 11.8. The van der Waals surface area contributed by atoms with Gasteiger partial charge in [0.2, 0.25) is 0 Å². The van der Waals surface area contributed by atoms with Crippen molar-refractivity contribution < 1.29 is 0 Å². The molecule has 0 amide bonds. The molecule has 0 bridgehead atoms. The Balaban J connectivity index is 2.29. The standard InChI is InChI=1S/C14H14Cl2N2/c1-10(12-5-3-4-6-13(12)15)18(2)11-7-8-17-14(16)9-11/h3-10H,1-2H3. The predicted molar refractivity (Wildman–Crippen MR) is 77.5 cm³/mol. The van der Waals surface area contributed by atoms with Gasteiger partial charge in [-0.25, -0.2) is 4.98 Å². The summed E-state index contributed by atoms with van der Waals surface area (Å²) < 4.78 is 0. The molecule has 2 rings (SSSR count). The Labute approximate surface area is 117 Å². The van der Waals surface area contributed by atoms with Crippen LogP contribution in [-0.2, 0) is 0 Å². The molecule has 0 N–H and O–H groups in total. The Hall–Kier alpha value is -1.25. The minimum Gasteiger partial charge on any atom is -0.368 e. The van der Waals surface area contributed by atoms with Crippen molar-refractivity contribution >= 4 is 28.9 Å². The number of halogens is 2. The average Bonchev–Trinajstić information content (AvgIpc) is 2.37. The first-order chi connectivity index (χ1) is 8.59. The summed E-state index contributed by atoms with van der Waals surface area (Å²) in [6.07, 6.45) is 1.70. The second-order valence-electron chi connectivity index (χ2n) is 4.15. The van der Waals surface area contributed by atoms with E-state index in [1.54, 1.807) is 6.20 Å². The molecule has 1 aromatic carbocycles. The molecule has 1 heterocycles. The van der Waals surface area contributed by atoms with E-state index < -0.39 is 0 Å². The first-order valence-electron chi connectivity index (χ1n) is 5.68. The number of benzene rings is 1. The zero-order chi connectivity index (χ0) is 13.1. The van der Waals surface area contributed by atoms with Gasteiger partial charge in [-0.05, 0) is 30.7 Å². The molecule has 2 aromatic rings. The van der Waals surface area contributed by atoms with E-state index in [0.717, 1.165) is 16.3 Å². The quantitative estimate of drug-likeness (QED) is 0.765. The van der Waals surface area contributed by atoms with Crippen LogP contribution in [0.25, 0.3) is 0 Å². The van der Waals surface area contributed by atoms with Crippen molar-refractivity contribution in [1.82, 2.24) is 4.98 Å². The number of hydrogen-bond acceptors (Lipinski definition) is 2. The molecule has 4 heteroatoms. The van der Waals surface area contributed by atoms with Crippen LogP contribution in [0.15, 0.2) is 42.6 Å². The molecular formula is C14H14Cl2N2. The third kappa shape index (κ3) is 2.77. The third-order valence-corrected chi connectivity index (χ3v) is 3.60. The summed E-state index contributed by atoms with van der Waals surface area (Å²) in [6, 6.07) is 11.8. The van der Waals surface area contributed by atoms with Crippen molar-refractivity contribution in [3.8, 4) is 0 Å². The van der Waals surface area contributed by atoms with Crippen molar-refractivity contribution in [2.75, 3.05) is 11.9 Å². The minimum absolute atomic E-state index is 0.164. The summed E-state index contributed by atoms with van der Waals surface area (Å²) in [5, 5.41) is 1.27. The monoisotopic (exact) mass is 280 g/mol. The molecule has 0 saturated carbocycles. The molecule has 0 spiro atoms. The number of hydrogen-bond donors (Lipinski definition) is 0. The highest BCUT2D eigenvalue weighted by Crippen LogP contribution is 2.30. The molecule has 0 aliphatic carbocycles. The first-order valence-corrected chi connectivity index (χ1v) is 6.44. The van der Waals surface area contributed by atoms with Crippen molar-refractivity contribution in [1.29, 1.82) is 0 Å². The molecule has 0 saturated heterocycles. The second kappa shape index (κ2) is 5.59. The van der Waals surface area contributed by atoms with Gasteiger partial charge in [0.25, 0.3) is 0 Å². The van der Waals surface area contributed by atoms with Gasteiger partial charge in [-0.15, -0.1) is 0 Å². The number of rotatable bonds is 3. The van der Waals surface area contributed by atoms with Crippen LogP contribution in [0, 0.1) is 0 Å². The number of anilines is 1. The Morgan fingerprint density at radius 1 is 1.17 bits per heavy atom. The fourth-order valence-electron chi connectivity index (χ4n) is 1.86. The van der Waals surface area contributed by atoms with Gasteiger partial charge in [-0.3, -0.25) is 0 Å². The van der Waals surface area contributed by atoms with Crippen LogP contribution < -0.4 is 4.90 Å². The lowest BCUT2D eigenvalue weighted by Gasteiger charge is -2.28. The van der Waals surface area contributed by atoms with Crippen molar-refractivity contribution in [3.05, 3.63) is 58.3 Å². The Bertz CT molecular complexity index is 543. The lowest BCUT2D eigenvalue weighted by molar-refractivity contribution is 0.739. The topological polar surface area (TPSA) is 16.1 Å². The van der Waals surface area contributed by atoms with Crippen molar-refractivity contribution in [2.24, 2.45) is 0 Å². The summed E-state index contributed by atoms with van der Waals surface area (Å²) in [5.74, 6) is 0. The second-order valence-corrected chi connectivity index (χ2v) is 4.94. The highest BCUT2D eigenvalue weighted by Gasteiger charge is 2.15. The minimum atomic E-state index is 0.164. The normalized spacial score (nSPS) is 12.2. The molecule has 1 aromatic heterocycles. The number of aromatic nitrogens is 1. The van der Waals surface area contributed by atoms with Gasteiger partial charge in [0.15, 0.2) is 0 Å². The highest BCUT2D eigenvalue weighted by atomic mass is 35.5. The van der Waals surface area contributed by atoms with Crippen LogP contribution in [0.2, 0.25) is 10.2 Å². The lowest BCUT2D eigenvalue weighted by atomic mass is 10.1. The fourth-order valence-corrected chi connectivity index (χ4v) is 2.32. The third-order valence-electron chi connectivity index (χ3n) is 3.05. The smallest absolute Gasteiger partial charge is 0.131 e. The Kier molecular flexibility index (Phi) is 4.10. The van der Waals surface area contributed by atoms with Crippen LogP contribution in [-0.4, -0.2) is 12.0 Å². The van der Waals surface area contributed by atoms with Crippen molar-refractivity contribution in [3.63, 3.8) is 0 Å². The summed E-state index contributed by atoms with van der Waals surface area (Å²) in [5.41, 5.74) is 2.11. The largest absolute Gasteiger partial charge is 0.368 e. The molecule has 94 valence electrons. The maximum Gasteiger partial charge on any atom is 0.131 e. The number of nitrogens with zero attached hydrogens (tertiary/aromatic N) is 2. The molecule has 18 heavy (non-hydrogen) atoms. The van der Waals surface area contributed by atoms with Crippen LogP contribution in [0.3, 0.4) is 0 Å². The SMILES string of the molecule is CC(c1ccccc1Cl)N(C)c1ccnc(Cl)c1. The fraction of sp³-hybridized carbons (Fsp3) is 0.214. The molecule has 1 atom stereocenters. The first kappa shape index (κ1) is 13.2. The van der Waals surface area contributed by atoms with Gasteiger partial charge in [-0.1, -0.05) is 41.4 Å². The van der Waals surface area contributed by atoms with E-state index in [1.807, 2.05) is 43.4 Å².